The van der Waals surface area contributed by atoms with E-state index in [0.717, 1.165) is 39.7 Å². The molecule has 0 bridgehead atoms. The summed E-state index contributed by atoms with van der Waals surface area (Å²) >= 11 is 0. The minimum Gasteiger partial charge on any atom is -0.480 e. The molecular weight excluding hydrogens is 348 g/mol. The highest BCUT2D eigenvalue weighted by Gasteiger charge is 2.39. The predicted octanol–water partition coefficient (Wildman–Crippen LogP) is 1.79. The van der Waals surface area contributed by atoms with Crippen molar-refractivity contribution in [2.24, 2.45) is 0 Å². The third-order valence-electron chi connectivity index (χ3n) is 4.14. The lowest BCUT2D eigenvalue weighted by Gasteiger charge is -2.33. The van der Waals surface area contributed by atoms with Crippen molar-refractivity contribution in [3.63, 3.8) is 0 Å². The maximum Gasteiger partial charge on any atom is 0.322 e. The summed E-state index contributed by atoms with van der Waals surface area (Å²) in [6.07, 6.45) is 0.0672. The fourth-order valence-corrected chi connectivity index (χ4v) is 4.40. The number of aliphatic carboxylic acids is 1. The number of non-ortho nitro benzene ring substituents is 1. The van der Waals surface area contributed by atoms with E-state index in [9.17, 15) is 28.4 Å². The van der Waals surface area contributed by atoms with Gasteiger partial charge in [0.15, 0.2) is 0 Å². The van der Waals surface area contributed by atoms with E-state index in [-0.39, 0.29) is 23.5 Å². The van der Waals surface area contributed by atoms with Gasteiger partial charge in [-0.1, -0.05) is 24.3 Å². The first-order valence-electron chi connectivity index (χ1n) is 7.36. The van der Waals surface area contributed by atoms with Crippen LogP contribution in [-0.2, 0) is 27.8 Å². The van der Waals surface area contributed by atoms with Crippen molar-refractivity contribution in [2.45, 2.75) is 23.9 Å². The van der Waals surface area contributed by atoms with Crippen LogP contribution in [0.3, 0.4) is 0 Å². The van der Waals surface area contributed by atoms with Gasteiger partial charge in [0.25, 0.3) is 5.69 Å². The number of hydrogen-bond donors (Lipinski definition) is 1. The number of nitro benzene ring substituents is 1. The van der Waals surface area contributed by atoms with Crippen LogP contribution in [0.15, 0.2) is 53.4 Å². The van der Waals surface area contributed by atoms with Crippen LogP contribution in [0.25, 0.3) is 0 Å². The van der Waals surface area contributed by atoms with E-state index < -0.39 is 27.0 Å². The topological polar surface area (TPSA) is 118 Å². The highest BCUT2D eigenvalue weighted by atomic mass is 32.2. The molecule has 1 atom stereocenters. The summed E-state index contributed by atoms with van der Waals surface area (Å²) in [4.78, 5) is 21.5. The van der Waals surface area contributed by atoms with Crippen LogP contribution in [0.1, 0.15) is 11.1 Å². The molecule has 2 aromatic rings. The molecule has 0 saturated carbocycles. The molecule has 130 valence electrons. The number of nitro groups is 1. The molecule has 3 rings (SSSR count). The zero-order chi connectivity index (χ0) is 18.2. The molecule has 2 aromatic carbocycles. The molecular formula is C16H14N2O6S. The Morgan fingerprint density at radius 3 is 2.28 bits per heavy atom. The van der Waals surface area contributed by atoms with Crippen molar-refractivity contribution in [2.75, 3.05) is 0 Å². The quantitative estimate of drug-likeness (QED) is 0.654. The zero-order valence-electron chi connectivity index (χ0n) is 12.9. The number of hydrogen-bond acceptors (Lipinski definition) is 5. The Kier molecular flexibility index (Phi) is 4.27. The molecule has 0 unspecified atom stereocenters. The van der Waals surface area contributed by atoms with Crippen LogP contribution < -0.4 is 0 Å². The second-order valence-electron chi connectivity index (χ2n) is 5.63. The average Bonchev–Trinajstić information content (AvgIpc) is 2.60. The fourth-order valence-electron chi connectivity index (χ4n) is 2.84. The van der Waals surface area contributed by atoms with Gasteiger partial charge in [0, 0.05) is 25.1 Å². The summed E-state index contributed by atoms with van der Waals surface area (Å²) in [5, 5.41) is 20.2. The monoisotopic (exact) mass is 362 g/mol. The minimum atomic E-state index is -4.11. The van der Waals surface area contributed by atoms with Gasteiger partial charge in [-0.3, -0.25) is 14.9 Å². The fraction of sp³-hybridized carbons (Fsp3) is 0.188. The first kappa shape index (κ1) is 17.1. The van der Waals surface area contributed by atoms with Crippen LogP contribution in [0.5, 0.6) is 0 Å². The molecule has 0 saturated heterocycles. The number of fused-ring (bicyclic) bond motifs is 1. The Hall–Kier alpha value is -2.78. The second kappa shape index (κ2) is 6.26. The number of carboxylic acid groups (broad SMARTS) is 1. The van der Waals surface area contributed by atoms with E-state index in [2.05, 4.69) is 0 Å². The Labute approximate surface area is 143 Å². The Morgan fingerprint density at radius 2 is 1.72 bits per heavy atom. The molecule has 0 fully saturated rings. The molecule has 8 nitrogen and oxygen atoms in total. The van der Waals surface area contributed by atoms with Gasteiger partial charge in [0.2, 0.25) is 10.0 Å². The average molecular weight is 362 g/mol. The van der Waals surface area contributed by atoms with Crippen molar-refractivity contribution in [1.82, 2.24) is 4.31 Å². The van der Waals surface area contributed by atoms with E-state index in [1.165, 1.54) is 0 Å². The number of rotatable bonds is 4. The molecule has 25 heavy (non-hydrogen) atoms. The molecule has 1 N–H and O–H groups in total. The van der Waals surface area contributed by atoms with Gasteiger partial charge in [0.1, 0.15) is 6.04 Å². The van der Waals surface area contributed by atoms with Gasteiger partial charge in [-0.15, -0.1) is 0 Å². The summed E-state index contributed by atoms with van der Waals surface area (Å²) in [6, 6.07) is 10.2. The summed E-state index contributed by atoms with van der Waals surface area (Å²) < 4.78 is 26.7. The Balaban J connectivity index is 2.02. The van der Waals surface area contributed by atoms with Crippen LogP contribution in [-0.4, -0.2) is 34.8 Å². The van der Waals surface area contributed by atoms with Crippen molar-refractivity contribution in [3.8, 4) is 0 Å². The summed E-state index contributed by atoms with van der Waals surface area (Å²) in [6.45, 7) is -0.0630. The van der Waals surface area contributed by atoms with E-state index in [1.807, 2.05) is 0 Å². The molecule has 1 aliphatic heterocycles. The number of carboxylic acids is 1. The SMILES string of the molecule is O=C(O)[C@H]1Cc2ccccc2CN1S(=O)(=O)c1ccc([N+](=O)[O-])cc1. The third kappa shape index (κ3) is 3.11. The first-order valence-corrected chi connectivity index (χ1v) is 8.80. The second-order valence-corrected chi connectivity index (χ2v) is 7.52. The Bertz CT molecular complexity index is 939. The Morgan fingerprint density at radius 1 is 1.12 bits per heavy atom. The zero-order valence-corrected chi connectivity index (χ0v) is 13.7. The van der Waals surface area contributed by atoms with Crippen molar-refractivity contribution < 1.29 is 23.2 Å². The van der Waals surface area contributed by atoms with Crippen LogP contribution >= 0.6 is 0 Å². The highest BCUT2D eigenvalue weighted by molar-refractivity contribution is 7.89. The van der Waals surface area contributed by atoms with Gasteiger partial charge in [-0.25, -0.2) is 8.42 Å². The van der Waals surface area contributed by atoms with Gasteiger partial charge in [-0.2, -0.15) is 4.31 Å². The summed E-state index contributed by atoms with van der Waals surface area (Å²) in [5.41, 5.74) is 1.30. The summed E-state index contributed by atoms with van der Waals surface area (Å²) in [7, 11) is -4.11. The van der Waals surface area contributed by atoms with Crippen molar-refractivity contribution in [3.05, 3.63) is 69.8 Å². The normalized spacial score (nSPS) is 17.7. The molecule has 0 aromatic heterocycles. The molecule has 0 radical (unpaired) electrons. The largest absolute Gasteiger partial charge is 0.480 e. The van der Waals surface area contributed by atoms with Crippen LogP contribution in [0.2, 0.25) is 0 Å². The van der Waals surface area contributed by atoms with Gasteiger partial charge >= 0.3 is 5.97 Å². The van der Waals surface area contributed by atoms with Gasteiger partial charge in [-0.05, 0) is 23.3 Å². The van der Waals surface area contributed by atoms with Crippen LogP contribution in [0.4, 0.5) is 5.69 Å². The number of nitrogens with zero attached hydrogens (tertiary/aromatic N) is 2. The van der Waals surface area contributed by atoms with Gasteiger partial charge < -0.3 is 5.11 Å². The summed E-state index contributed by atoms with van der Waals surface area (Å²) in [5.74, 6) is -1.24. The lowest BCUT2D eigenvalue weighted by Crippen LogP contribution is -2.48. The van der Waals surface area contributed by atoms with Crippen molar-refractivity contribution >= 4 is 21.7 Å². The lowest BCUT2D eigenvalue weighted by molar-refractivity contribution is -0.384. The molecule has 0 spiro atoms. The number of carbonyl (C=O) groups is 1. The number of sulfonamides is 1. The van der Waals surface area contributed by atoms with Crippen molar-refractivity contribution in [1.29, 1.82) is 0 Å². The predicted molar refractivity (Wildman–Crippen MR) is 87.4 cm³/mol. The van der Waals surface area contributed by atoms with Crippen LogP contribution in [0, 0.1) is 10.1 Å². The van der Waals surface area contributed by atoms with E-state index in [4.69, 9.17) is 0 Å². The molecule has 0 amide bonds. The lowest BCUT2D eigenvalue weighted by atomic mass is 9.96. The molecule has 0 aliphatic carbocycles. The standard InChI is InChI=1S/C16H14N2O6S/c19-16(20)15-9-11-3-1-2-4-12(11)10-17(15)25(23,24)14-7-5-13(6-8-14)18(21)22/h1-8,15H,9-10H2,(H,19,20)/t15-/m1/s1. The molecule has 9 heteroatoms. The maximum atomic E-state index is 12.9. The maximum absolute atomic E-state index is 12.9. The first-order chi connectivity index (χ1) is 11.8. The smallest absolute Gasteiger partial charge is 0.322 e. The minimum absolute atomic E-state index is 0.0630. The highest BCUT2D eigenvalue weighted by Crippen LogP contribution is 2.29. The molecule has 1 aliphatic rings. The van der Waals surface area contributed by atoms with E-state index in [1.54, 1.807) is 24.3 Å². The third-order valence-corrected chi connectivity index (χ3v) is 6.01. The van der Waals surface area contributed by atoms with E-state index in [0.29, 0.717) is 0 Å². The number of benzene rings is 2. The van der Waals surface area contributed by atoms with E-state index >= 15 is 0 Å². The molecule has 1 heterocycles. The van der Waals surface area contributed by atoms with Gasteiger partial charge in [0.05, 0.1) is 9.82 Å².